The summed E-state index contributed by atoms with van der Waals surface area (Å²) >= 11 is 0. The summed E-state index contributed by atoms with van der Waals surface area (Å²) in [6.45, 7) is 5.27. The molecule has 1 fully saturated rings. The highest BCUT2D eigenvalue weighted by Crippen LogP contribution is 2.38. The summed E-state index contributed by atoms with van der Waals surface area (Å²) < 4.78 is 1.98. The molecule has 5 heteroatoms. The minimum atomic E-state index is 0.346. The van der Waals surface area contributed by atoms with E-state index in [0.29, 0.717) is 6.04 Å². The summed E-state index contributed by atoms with van der Waals surface area (Å²) in [6, 6.07) is 8.38. The second-order valence-electron chi connectivity index (χ2n) is 6.28. The molecule has 4 rings (SSSR count). The number of aromatic nitrogens is 4. The molecular weight excluding hydrogens is 286 g/mol. The van der Waals surface area contributed by atoms with E-state index in [-0.39, 0.29) is 0 Å². The molecular formula is C18H21N5. The Morgan fingerprint density at radius 1 is 1.13 bits per heavy atom. The highest BCUT2D eigenvalue weighted by atomic mass is 15.3. The van der Waals surface area contributed by atoms with E-state index in [1.807, 2.05) is 42.2 Å². The van der Waals surface area contributed by atoms with Crippen molar-refractivity contribution in [1.29, 1.82) is 0 Å². The number of nitrogens with zero attached hydrogens (tertiary/aromatic N) is 5. The van der Waals surface area contributed by atoms with Crippen molar-refractivity contribution in [2.45, 2.75) is 32.7 Å². The van der Waals surface area contributed by atoms with Gasteiger partial charge in [-0.1, -0.05) is 12.1 Å². The Kier molecular flexibility index (Phi) is 3.29. The number of aryl methyl sites for hydroxylation is 2. The maximum atomic E-state index is 4.84. The molecule has 1 saturated heterocycles. The van der Waals surface area contributed by atoms with Crippen LogP contribution in [0.3, 0.4) is 0 Å². The van der Waals surface area contributed by atoms with E-state index in [4.69, 9.17) is 4.98 Å². The van der Waals surface area contributed by atoms with Gasteiger partial charge in [0, 0.05) is 24.8 Å². The lowest BCUT2D eigenvalue weighted by Crippen LogP contribution is -2.24. The van der Waals surface area contributed by atoms with Crippen molar-refractivity contribution in [2.75, 3.05) is 11.4 Å². The van der Waals surface area contributed by atoms with E-state index in [1.165, 1.54) is 17.7 Å². The Labute approximate surface area is 136 Å². The average Bonchev–Trinajstić information content (AvgIpc) is 3.12. The second-order valence-corrected chi connectivity index (χ2v) is 6.28. The Morgan fingerprint density at radius 3 is 2.65 bits per heavy atom. The molecule has 0 N–H and O–H groups in total. The number of para-hydroxylation sites is 2. The Bertz CT molecular complexity index is 867. The number of hydrogen-bond acceptors (Lipinski definition) is 4. The fourth-order valence-electron chi connectivity index (χ4n) is 3.70. The van der Waals surface area contributed by atoms with Gasteiger partial charge in [0.2, 0.25) is 0 Å². The first-order chi connectivity index (χ1) is 11.1. The van der Waals surface area contributed by atoms with E-state index < -0.39 is 0 Å². The summed E-state index contributed by atoms with van der Waals surface area (Å²) in [5.41, 5.74) is 5.61. The molecule has 23 heavy (non-hydrogen) atoms. The van der Waals surface area contributed by atoms with Crippen LogP contribution in [0, 0.1) is 13.8 Å². The van der Waals surface area contributed by atoms with Crippen LogP contribution in [0.15, 0.2) is 30.5 Å². The smallest absolute Gasteiger partial charge is 0.148 e. The molecule has 0 amide bonds. The largest absolute Gasteiger partial charge is 0.348 e. The molecule has 2 aromatic heterocycles. The van der Waals surface area contributed by atoms with Crippen LogP contribution in [0.25, 0.3) is 11.0 Å². The first-order valence-electron chi connectivity index (χ1n) is 8.13. The molecule has 0 unspecified atom stereocenters. The van der Waals surface area contributed by atoms with Gasteiger partial charge in [-0.3, -0.25) is 9.67 Å². The lowest BCUT2D eigenvalue weighted by atomic mass is 10.0. The van der Waals surface area contributed by atoms with Crippen LogP contribution in [0.2, 0.25) is 0 Å². The topological polar surface area (TPSA) is 46.8 Å². The molecule has 5 nitrogen and oxygen atoms in total. The van der Waals surface area contributed by atoms with E-state index >= 15 is 0 Å². The fourth-order valence-corrected chi connectivity index (χ4v) is 3.70. The van der Waals surface area contributed by atoms with Crippen molar-refractivity contribution in [2.24, 2.45) is 7.05 Å². The van der Waals surface area contributed by atoms with Gasteiger partial charge in [-0.05, 0) is 38.8 Å². The molecule has 0 bridgehead atoms. The van der Waals surface area contributed by atoms with Crippen molar-refractivity contribution in [1.82, 2.24) is 19.7 Å². The number of rotatable bonds is 2. The molecule has 1 aliphatic rings. The van der Waals surface area contributed by atoms with Crippen LogP contribution in [-0.2, 0) is 7.05 Å². The van der Waals surface area contributed by atoms with Crippen LogP contribution >= 0.6 is 0 Å². The lowest BCUT2D eigenvalue weighted by Gasteiger charge is -2.26. The molecule has 0 radical (unpaired) electrons. The van der Waals surface area contributed by atoms with Gasteiger partial charge in [-0.15, -0.1) is 0 Å². The van der Waals surface area contributed by atoms with Gasteiger partial charge < -0.3 is 4.90 Å². The maximum absolute atomic E-state index is 4.84. The Morgan fingerprint density at radius 2 is 1.91 bits per heavy atom. The predicted octanol–water partition coefficient (Wildman–Crippen LogP) is 3.32. The van der Waals surface area contributed by atoms with Gasteiger partial charge in [-0.25, -0.2) is 4.98 Å². The molecule has 0 spiro atoms. The van der Waals surface area contributed by atoms with Crippen LogP contribution in [-0.4, -0.2) is 26.3 Å². The standard InChI is InChI=1S/C18H21N5/c1-12-18(13(2)22(3)21-12)16-9-6-10-23(16)17-11-19-14-7-4-5-8-15(14)20-17/h4-5,7-8,11,16H,6,9-10H2,1-3H3/t16-/m1/s1. The maximum Gasteiger partial charge on any atom is 0.148 e. The summed E-state index contributed by atoms with van der Waals surface area (Å²) in [5, 5.41) is 4.59. The summed E-state index contributed by atoms with van der Waals surface area (Å²) in [6.07, 6.45) is 4.22. The quantitative estimate of drug-likeness (QED) is 0.728. The van der Waals surface area contributed by atoms with Gasteiger partial charge in [0.25, 0.3) is 0 Å². The van der Waals surface area contributed by atoms with Gasteiger partial charge in [-0.2, -0.15) is 5.10 Å². The van der Waals surface area contributed by atoms with Crippen LogP contribution in [0.1, 0.15) is 35.8 Å². The van der Waals surface area contributed by atoms with Crippen molar-refractivity contribution < 1.29 is 0 Å². The zero-order valence-corrected chi connectivity index (χ0v) is 13.8. The normalized spacial score (nSPS) is 18.0. The number of benzene rings is 1. The summed E-state index contributed by atoms with van der Waals surface area (Å²) in [7, 11) is 2.01. The third-order valence-electron chi connectivity index (χ3n) is 4.88. The van der Waals surface area contributed by atoms with Crippen molar-refractivity contribution >= 4 is 16.9 Å². The molecule has 1 aliphatic heterocycles. The van der Waals surface area contributed by atoms with E-state index in [9.17, 15) is 0 Å². The number of fused-ring (bicyclic) bond motifs is 1. The fraction of sp³-hybridized carbons (Fsp3) is 0.389. The number of hydrogen-bond donors (Lipinski definition) is 0. The monoisotopic (exact) mass is 307 g/mol. The number of anilines is 1. The van der Waals surface area contributed by atoms with Crippen LogP contribution in [0.5, 0.6) is 0 Å². The molecule has 0 saturated carbocycles. The van der Waals surface area contributed by atoms with Crippen LogP contribution in [0.4, 0.5) is 5.82 Å². The third-order valence-corrected chi connectivity index (χ3v) is 4.88. The summed E-state index contributed by atoms with van der Waals surface area (Å²) in [5.74, 6) is 0.967. The van der Waals surface area contributed by atoms with Gasteiger partial charge in [0.15, 0.2) is 0 Å². The first-order valence-corrected chi connectivity index (χ1v) is 8.13. The Balaban J connectivity index is 1.77. The van der Waals surface area contributed by atoms with Gasteiger partial charge >= 0.3 is 0 Å². The van der Waals surface area contributed by atoms with Gasteiger partial charge in [0.1, 0.15) is 5.82 Å². The highest BCUT2D eigenvalue weighted by Gasteiger charge is 2.31. The highest BCUT2D eigenvalue weighted by molar-refractivity contribution is 5.75. The van der Waals surface area contributed by atoms with Crippen LogP contribution < -0.4 is 4.90 Å². The molecule has 0 aliphatic carbocycles. The minimum Gasteiger partial charge on any atom is -0.348 e. The van der Waals surface area contributed by atoms with Crippen molar-refractivity contribution in [3.05, 3.63) is 47.4 Å². The van der Waals surface area contributed by atoms with E-state index in [2.05, 4.69) is 28.8 Å². The van der Waals surface area contributed by atoms with Crippen molar-refractivity contribution in [3.63, 3.8) is 0 Å². The summed E-state index contributed by atoms with van der Waals surface area (Å²) in [4.78, 5) is 11.8. The Hall–Kier alpha value is -2.43. The SMILES string of the molecule is Cc1nn(C)c(C)c1[C@H]1CCCN1c1cnc2ccccc2n1. The minimum absolute atomic E-state index is 0.346. The second kappa shape index (κ2) is 5.33. The predicted molar refractivity (Wildman–Crippen MR) is 91.5 cm³/mol. The van der Waals surface area contributed by atoms with Crippen molar-refractivity contribution in [3.8, 4) is 0 Å². The van der Waals surface area contributed by atoms with E-state index in [1.54, 1.807) is 0 Å². The third kappa shape index (κ3) is 2.27. The average molecular weight is 307 g/mol. The lowest BCUT2D eigenvalue weighted by molar-refractivity contribution is 0.693. The molecule has 118 valence electrons. The molecule has 3 heterocycles. The molecule has 1 aromatic carbocycles. The first kappa shape index (κ1) is 14.2. The molecule has 3 aromatic rings. The van der Waals surface area contributed by atoms with E-state index in [0.717, 1.165) is 35.5 Å². The van der Waals surface area contributed by atoms with Gasteiger partial charge in [0.05, 0.1) is 29.0 Å². The molecule has 1 atom stereocenters. The zero-order valence-electron chi connectivity index (χ0n) is 13.8. The zero-order chi connectivity index (χ0) is 16.0.